The summed E-state index contributed by atoms with van der Waals surface area (Å²) < 4.78 is 11.4. The molecule has 0 aliphatic carbocycles. The van der Waals surface area contributed by atoms with Crippen molar-refractivity contribution in [3.8, 4) is 34.3 Å². The van der Waals surface area contributed by atoms with E-state index in [1.807, 2.05) is 44.2 Å². The lowest BCUT2D eigenvalue weighted by molar-refractivity contribution is 0.414. The number of pyridine rings is 1. The fourth-order valence-corrected chi connectivity index (χ4v) is 2.71. The van der Waals surface area contributed by atoms with Crippen LogP contribution in [0, 0.1) is 11.3 Å². The van der Waals surface area contributed by atoms with Crippen LogP contribution in [0.1, 0.15) is 19.6 Å². The van der Waals surface area contributed by atoms with Crippen LogP contribution in [0.15, 0.2) is 53.2 Å². The predicted octanol–water partition coefficient (Wildman–Crippen LogP) is 5.47. The number of nitrogens with zero attached hydrogens (tertiary/aromatic N) is 2. The van der Waals surface area contributed by atoms with Crippen molar-refractivity contribution in [2.75, 3.05) is 7.11 Å². The van der Waals surface area contributed by atoms with E-state index in [0.717, 1.165) is 16.7 Å². The Bertz CT molecular complexity index is 940. The van der Waals surface area contributed by atoms with Gasteiger partial charge in [0.25, 0.3) is 0 Å². The summed E-state index contributed by atoms with van der Waals surface area (Å²) in [5, 5.41) is 9.98. The van der Waals surface area contributed by atoms with Gasteiger partial charge < -0.3 is 9.15 Å². The van der Waals surface area contributed by atoms with E-state index in [1.54, 1.807) is 25.6 Å². The van der Waals surface area contributed by atoms with Crippen LogP contribution < -0.4 is 4.74 Å². The van der Waals surface area contributed by atoms with Gasteiger partial charge >= 0.3 is 0 Å². The molecule has 4 nitrogen and oxygen atoms in total. The molecular weight excluding hydrogens is 336 g/mol. The number of halogens is 1. The number of methoxy groups -OCH3 is 1. The summed E-state index contributed by atoms with van der Waals surface area (Å²) in [5.74, 6) is 1.84. The van der Waals surface area contributed by atoms with Crippen molar-refractivity contribution in [2.45, 2.75) is 19.3 Å². The van der Waals surface area contributed by atoms with E-state index in [4.69, 9.17) is 20.8 Å². The van der Waals surface area contributed by atoms with Crippen molar-refractivity contribution in [2.24, 2.45) is 0 Å². The lowest BCUT2D eigenvalue weighted by atomic mass is 9.91. The first-order valence-electron chi connectivity index (χ1n) is 7.76. The molecule has 0 aliphatic heterocycles. The van der Waals surface area contributed by atoms with Crippen molar-refractivity contribution in [3.05, 3.63) is 59.6 Å². The standard InChI is InChI=1S/C20H17ClN2O2/c1-20(2,12-22)18-11-15(13-6-8-23-9-7-13)19(25-18)14-4-5-16(21)17(10-14)24-3/h4-11H,1-3H3. The summed E-state index contributed by atoms with van der Waals surface area (Å²) in [7, 11) is 1.57. The van der Waals surface area contributed by atoms with Crippen LogP contribution in [0.25, 0.3) is 22.5 Å². The van der Waals surface area contributed by atoms with Gasteiger partial charge in [0.15, 0.2) is 0 Å². The number of nitriles is 1. The first-order valence-corrected chi connectivity index (χ1v) is 8.14. The average molecular weight is 353 g/mol. The number of ether oxygens (including phenoxy) is 1. The van der Waals surface area contributed by atoms with Crippen molar-refractivity contribution in [3.63, 3.8) is 0 Å². The molecule has 0 amide bonds. The Morgan fingerprint density at radius 3 is 2.48 bits per heavy atom. The number of aromatic nitrogens is 1. The molecule has 126 valence electrons. The molecule has 3 rings (SSSR count). The van der Waals surface area contributed by atoms with Crippen LogP contribution in [-0.4, -0.2) is 12.1 Å². The molecule has 0 spiro atoms. The van der Waals surface area contributed by atoms with Crippen LogP contribution in [0.5, 0.6) is 5.75 Å². The Balaban J connectivity index is 2.23. The minimum atomic E-state index is -0.740. The third-order valence-corrected chi connectivity index (χ3v) is 4.34. The van der Waals surface area contributed by atoms with Gasteiger partial charge in [-0.15, -0.1) is 0 Å². The normalized spacial score (nSPS) is 11.2. The van der Waals surface area contributed by atoms with Crippen molar-refractivity contribution in [1.82, 2.24) is 4.98 Å². The molecule has 0 saturated carbocycles. The summed E-state index contributed by atoms with van der Waals surface area (Å²) in [6, 6.07) is 13.5. The molecule has 0 fully saturated rings. The summed E-state index contributed by atoms with van der Waals surface area (Å²) in [6.45, 7) is 3.66. The number of benzene rings is 1. The highest BCUT2D eigenvalue weighted by atomic mass is 35.5. The summed E-state index contributed by atoms with van der Waals surface area (Å²) in [4.78, 5) is 4.06. The number of hydrogen-bond donors (Lipinski definition) is 0. The van der Waals surface area contributed by atoms with Crippen molar-refractivity contribution in [1.29, 1.82) is 5.26 Å². The van der Waals surface area contributed by atoms with Crippen LogP contribution in [0.2, 0.25) is 5.02 Å². The van der Waals surface area contributed by atoms with Crippen LogP contribution >= 0.6 is 11.6 Å². The topological polar surface area (TPSA) is 59.0 Å². The fourth-order valence-electron chi connectivity index (χ4n) is 2.52. The Morgan fingerprint density at radius 1 is 1.12 bits per heavy atom. The average Bonchev–Trinajstić information content (AvgIpc) is 3.09. The van der Waals surface area contributed by atoms with Gasteiger partial charge in [0.1, 0.15) is 22.7 Å². The molecule has 2 heterocycles. The second-order valence-corrected chi connectivity index (χ2v) is 6.58. The minimum Gasteiger partial charge on any atom is -0.495 e. The van der Waals surface area contributed by atoms with Gasteiger partial charge in [-0.3, -0.25) is 4.98 Å². The van der Waals surface area contributed by atoms with Gasteiger partial charge in [0.05, 0.1) is 18.2 Å². The second-order valence-electron chi connectivity index (χ2n) is 6.18. The lowest BCUT2D eigenvalue weighted by Gasteiger charge is -2.11. The molecule has 25 heavy (non-hydrogen) atoms. The zero-order valence-electron chi connectivity index (χ0n) is 14.2. The fraction of sp³-hybridized carbons (Fsp3) is 0.200. The molecule has 3 aromatic rings. The number of hydrogen-bond acceptors (Lipinski definition) is 4. The van der Waals surface area contributed by atoms with Crippen molar-refractivity contribution >= 4 is 11.6 Å². The summed E-state index contributed by atoms with van der Waals surface area (Å²) in [5.41, 5.74) is 1.94. The molecule has 5 heteroatoms. The molecule has 0 saturated heterocycles. The monoisotopic (exact) mass is 352 g/mol. The number of rotatable bonds is 4. The Hall–Kier alpha value is -2.77. The van der Waals surface area contributed by atoms with Gasteiger partial charge in [-0.1, -0.05) is 11.6 Å². The molecule has 0 aliphatic rings. The van der Waals surface area contributed by atoms with Crippen LogP contribution in [0.4, 0.5) is 0 Å². The molecule has 0 radical (unpaired) electrons. The van der Waals surface area contributed by atoms with Gasteiger partial charge in [0, 0.05) is 23.5 Å². The number of furan rings is 1. The highest BCUT2D eigenvalue weighted by Crippen LogP contribution is 2.40. The van der Waals surface area contributed by atoms with Crippen LogP contribution in [0.3, 0.4) is 0 Å². The molecule has 2 aromatic heterocycles. The van der Waals surface area contributed by atoms with E-state index >= 15 is 0 Å². The molecule has 0 unspecified atom stereocenters. The van der Waals surface area contributed by atoms with E-state index in [2.05, 4.69) is 11.1 Å². The molecule has 0 atom stereocenters. The Morgan fingerprint density at radius 2 is 1.84 bits per heavy atom. The quantitative estimate of drug-likeness (QED) is 0.624. The summed E-state index contributed by atoms with van der Waals surface area (Å²) >= 11 is 6.13. The SMILES string of the molecule is COc1cc(-c2oc(C(C)(C)C#N)cc2-c2ccncc2)ccc1Cl. The van der Waals surface area contributed by atoms with E-state index in [-0.39, 0.29) is 0 Å². The van der Waals surface area contributed by atoms with Gasteiger partial charge in [-0.2, -0.15) is 5.26 Å². The highest BCUT2D eigenvalue weighted by molar-refractivity contribution is 6.32. The van der Waals surface area contributed by atoms with Crippen LogP contribution in [-0.2, 0) is 5.41 Å². The van der Waals surface area contributed by atoms with Gasteiger partial charge in [-0.25, -0.2) is 0 Å². The molecular formula is C20H17ClN2O2. The predicted molar refractivity (Wildman–Crippen MR) is 97.6 cm³/mol. The second kappa shape index (κ2) is 6.62. The highest BCUT2D eigenvalue weighted by Gasteiger charge is 2.27. The maximum absolute atomic E-state index is 9.45. The Kier molecular flexibility index (Phi) is 4.52. The summed E-state index contributed by atoms with van der Waals surface area (Å²) in [6.07, 6.45) is 3.45. The van der Waals surface area contributed by atoms with Gasteiger partial charge in [-0.05, 0) is 55.8 Å². The zero-order chi connectivity index (χ0) is 18.0. The first-order chi connectivity index (χ1) is 12.0. The van der Waals surface area contributed by atoms with Crippen molar-refractivity contribution < 1.29 is 9.15 Å². The van der Waals surface area contributed by atoms with E-state index in [9.17, 15) is 5.26 Å². The Labute approximate surface area is 151 Å². The third kappa shape index (κ3) is 3.24. The van der Waals surface area contributed by atoms with E-state index < -0.39 is 5.41 Å². The van der Waals surface area contributed by atoms with E-state index in [0.29, 0.717) is 22.3 Å². The minimum absolute atomic E-state index is 0.529. The zero-order valence-corrected chi connectivity index (χ0v) is 15.0. The van der Waals surface area contributed by atoms with Gasteiger partial charge in [0.2, 0.25) is 0 Å². The smallest absolute Gasteiger partial charge is 0.142 e. The maximum Gasteiger partial charge on any atom is 0.142 e. The molecule has 0 N–H and O–H groups in total. The first kappa shape index (κ1) is 17.1. The van der Waals surface area contributed by atoms with E-state index in [1.165, 1.54) is 0 Å². The maximum atomic E-state index is 9.45. The molecule has 0 bridgehead atoms. The lowest BCUT2D eigenvalue weighted by Crippen LogP contribution is -2.12. The third-order valence-electron chi connectivity index (χ3n) is 4.03. The molecule has 1 aromatic carbocycles. The largest absolute Gasteiger partial charge is 0.495 e.